The average molecular weight is 428 g/mol. The number of alkyl carbamates (subject to hydrolysis) is 1. The van der Waals surface area contributed by atoms with Crippen molar-refractivity contribution >= 4 is 23.6 Å². The molecule has 0 aromatic heterocycles. The van der Waals surface area contributed by atoms with Gasteiger partial charge in [-0.1, -0.05) is 30.3 Å². The minimum atomic E-state index is -0.598. The summed E-state index contributed by atoms with van der Waals surface area (Å²) in [5, 5.41) is 8.20. The molecule has 0 spiro atoms. The van der Waals surface area contributed by atoms with Crippen LogP contribution >= 0.6 is 0 Å². The summed E-state index contributed by atoms with van der Waals surface area (Å²) >= 11 is 0. The Kier molecular flexibility index (Phi) is 8.43. The molecule has 31 heavy (non-hydrogen) atoms. The Bertz CT molecular complexity index is 921. The topological polar surface area (TPSA) is 106 Å². The predicted octanol–water partition coefficient (Wildman–Crippen LogP) is 3.48. The van der Waals surface area contributed by atoms with Crippen molar-refractivity contribution in [3.63, 3.8) is 0 Å². The van der Waals surface area contributed by atoms with E-state index in [1.54, 1.807) is 57.2 Å². The Morgan fingerprint density at radius 1 is 0.935 bits per heavy atom. The standard InChI is InChI=1S/C23H29N3O5/c1-23(2,3)31-22(29)24-14-13-20(27)26-18-11-7-5-9-16(18)15-25-21(28)17-10-6-8-12-19(17)30-4/h5-12H,13-15H2,1-4H3,(H,24,29)(H,25,28)(H,26,27). The Balaban J connectivity index is 1.89. The van der Waals surface area contributed by atoms with Crippen molar-refractivity contribution < 1.29 is 23.9 Å². The van der Waals surface area contributed by atoms with Crippen LogP contribution in [0.5, 0.6) is 5.75 Å². The van der Waals surface area contributed by atoms with Crippen LogP contribution in [0.4, 0.5) is 10.5 Å². The van der Waals surface area contributed by atoms with E-state index in [0.717, 1.165) is 5.56 Å². The summed E-state index contributed by atoms with van der Waals surface area (Å²) in [6, 6.07) is 14.1. The third kappa shape index (κ3) is 8.00. The zero-order valence-electron chi connectivity index (χ0n) is 18.3. The van der Waals surface area contributed by atoms with Gasteiger partial charge in [-0.2, -0.15) is 0 Å². The Morgan fingerprint density at radius 3 is 2.32 bits per heavy atom. The molecule has 0 aliphatic rings. The van der Waals surface area contributed by atoms with Gasteiger partial charge in [0.1, 0.15) is 11.4 Å². The molecule has 0 radical (unpaired) electrons. The minimum absolute atomic E-state index is 0.0845. The van der Waals surface area contributed by atoms with E-state index < -0.39 is 11.7 Å². The molecular weight excluding hydrogens is 398 g/mol. The fraction of sp³-hybridized carbons (Fsp3) is 0.348. The molecule has 2 aromatic carbocycles. The van der Waals surface area contributed by atoms with Gasteiger partial charge < -0.3 is 25.4 Å². The number of amides is 3. The zero-order valence-corrected chi connectivity index (χ0v) is 18.3. The van der Waals surface area contributed by atoms with E-state index in [-0.39, 0.29) is 31.3 Å². The van der Waals surface area contributed by atoms with E-state index in [0.29, 0.717) is 17.0 Å². The molecular formula is C23H29N3O5. The number of methoxy groups -OCH3 is 1. The number of carbonyl (C=O) groups excluding carboxylic acids is 3. The highest BCUT2D eigenvalue weighted by molar-refractivity contribution is 5.97. The van der Waals surface area contributed by atoms with Gasteiger partial charge in [-0.25, -0.2) is 4.79 Å². The quantitative estimate of drug-likeness (QED) is 0.598. The first-order chi connectivity index (χ1) is 14.7. The molecule has 0 saturated heterocycles. The van der Waals surface area contributed by atoms with Gasteiger partial charge in [0.05, 0.1) is 12.7 Å². The monoisotopic (exact) mass is 427 g/mol. The number of nitrogens with one attached hydrogen (secondary N) is 3. The number of benzene rings is 2. The van der Waals surface area contributed by atoms with Crippen molar-refractivity contribution in [1.82, 2.24) is 10.6 Å². The highest BCUT2D eigenvalue weighted by atomic mass is 16.6. The van der Waals surface area contributed by atoms with Gasteiger partial charge in [-0.05, 0) is 44.5 Å². The lowest BCUT2D eigenvalue weighted by molar-refractivity contribution is -0.116. The van der Waals surface area contributed by atoms with E-state index in [4.69, 9.17) is 9.47 Å². The lowest BCUT2D eigenvalue weighted by Gasteiger charge is -2.19. The van der Waals surface area contributed by atoms with Gasteiger partial charge in [-0.3, -0.25) is 9.59 Å². The van der Waals surface area contributed by atoms with Crippen molar-refractivity contribution in [2.24, 2.45) is 0 Å². The Morgan fingerprint density at radius 2 is 1.61 bits per heavy atom. The van der Waals surface area contributed by atoms with Crippen LogP contribution in [-0.2, 0) is 16.1 Å². The molecule has 0 fully saturated rings. The van der Waals surface area contributed by atoms with Crippen LogP contribution in [0.1, 0.15) is 43.1 Å². The first-order valence-corrected chi connectivity index (χ1v) is 9.95. The van der Waals surface area contributed by atoms with Crippen LogP contribution in [0.25, 0.3) is 0 Å². The molecule has 3 amide bonds. The van der Waals surface area contributed by atoms with Gasteiger partial charge in [0.2, 0.25) is 5.91 Å². The largest absolute Gasteiger partial charge is 0.496 e. The molecule has 166 valence electrons. The predicted molar refractivity (Wildman–Crippen MR) is 118 cm³/mol. The third-order valence-corrected chi connectivity index (χ3v) is 4.10. The maximum atomic E-state index is 12.5. The van der Waals surface area contributed by atoms with Crippen molar-refractivity contribution in [3.8, 4) is 5.75 Å². The molecule has 2 rings (SSSR count). The minimum Gasteiger partial charge on any atom is -0.496 e. The van der Waals surface area contributed by atoms with E-state index >= 15 is 0 Å². The number of hydrogen-bond acceptors (Lipinski definition) is 5. The van der Waals surface area contributed by atoms with Crippen molar-refractivity contribution in [2.75, 3.05) is 19.0 Å². The maximum Gasteiger partial charge on any atom is 0.407 e. The number of para-hydroxylation sites is 2. The fourth-order valence-electron chi connectivity index (χ4n) is 2.70. The van der Waals surface area contributed by atoms with E-state index in [9.17, 15) is 14.4 Å². The van der Waals surface area contributed by atoms with Gasteiger partial charge in [0.25, 0.3) is 5.91 Å². The summed E-state index contributed by atoms with van der Waals surface area (Å²) in [5.41, 5.74) is 1.17. The fourth-order valence-corrected chi connectivity index (χ4v) is 2.70. The molecule has 8 heteroatoms. The molecule has 0 unspecified atom stereocenters. The van der Waals surface area contributed by atoms with Crippen molar-refractivity contribution in [3.05, 3.63) is 59.7 Å². The lowest BCUT2D eigenvalue weighted by atomic mass is 10.1. The molecule has 0 atom stereocenters. The first-order valence-electron chi connectivity index (χ1n) is 9.95. The summed E-state index contributed by atoms with van der Waals surface area (Å²) in [6.07, 6.45) is -0.485. The second-order valence-electron chi connectivity index (χ2n) is 7.77. The number of ether oxygens (including phenoxy) is 2. The molecule has 0 aliphatic heterocycles. The lowest BCUT2D eigenvalue weighted by Crippen LogP contribution is -2.34. The summed E-state index contributed by atoms with van der Waals surface area (Å²) in [6.45, 7) is 5.67. The Labute approximate surface area is 182 Å². The number of carbonyl (C=O) groups is 3. The number of anilines is 1. The molecule has 0 saturated carbocycles. The highest BCUT2D eigenvalue weighted by Gasteiger charge is 2.16. The highest BCUT2D eigenvalue weighted by Crippen LogP contribution is 2.19. The third-order valence-electron chi connectivity index (χ3n) is 4.10. The molecule has 8 nitrogen and oxygen atoms in total. The first kappa shape index (κ1) is 23.7. The van der Waals surface area contributed by atoms with Gasteiger partial charge >= 0.3 is 6.09 Å². The summed E-state index contributed by atoms with van der Waals surface area (Å²) in [7, 11) is 1.51. The smallest absolute Gasteiger partial charge is 0.407 e. The average Bonchev–Trinajstić information content (AvgIpc) is 2.71. The van der Waals surface area contributed by atoms with Crippen LogP contribution in [0.2, 0.25) is 0 Å². The SMILES string of the molecule is COc1ccccc1C(=O)NCc1ccccc1NC(=O)CCNC(=O)OC(C)(C)C. The molecule has 0 aliphatic carbocycles. The zero-order chi connectivity index (χ0) is 22.9. The second-order valence-corrected chi connectivity index (χ2v) is 7.77. The number of rotatable bonds is 8. The molecule has 3 N–H and O–H groups in total. The van der Waals surface area contributed by atoms with Gasteiger partial charge in [0, 0.05) is 25.2 Å². The second kappa shape index (κ2) is 11.0. The van der Waals surface area contributed by atoms with Crippen LogP contribution in [-0.4, -0.2) is 37.2 Å². The van der Waals surface area contributed by atoms with Crippen LogP contribution < -0.4 is 20.7 Å². The van der Waals surface area contributed by atoms with Gasteiger partial charge in [0.15, 0.2) is 0 Å². The number of hydrogen-bond donors (Lipinski definition) is 3. The summed E-state index contributed by atoms with van der Waals surface area (Å²) < 4.78 is 10.4. The van der Waals surface area contributed by atoms with Crippen molar-refractivity contribution in [2.45, 2.75) is 39.3 Å². The van der Waals surface area contributed by atoms with E-state index in [1.807, 2.05) is 12.1 Å². The summed E-state index contributed by atoms with van der Waals surface area (Å²) in [5.74, 6) is -0.0567. The molecule has 0 heterocycles. The van der Waals surface area contributed by atoms with Crippen LogP contribution in [0.3, 0.4) is 0 Å². The van der Waals surface area contributed by atoms with Gasteiger partial charge in [-0.15, -0.1) is 0 Å². The molecule has 0 bridgehead atoms. The van der Waals surface area contributed by atoms with Crippen LogP contribution in [0, 0.1) is 0 Å². The normalized spacial score (nSPS) is 10.7. The summed E-state index contributed by atoms with van der Waals surface area (Å²) in [4.78, 5) is 36.4. The van der Waals surface area contributed by atoms with Crippen molar-refractivity contribution in [1.29, 1.82) is 0 Å². The van der Waals surface area contributed by atoms with Crippen LogP contribution in [0.15, 0.2) is 48.5 Å². The Hall–Kier alpha value is -3.55. The molecule has 2 aromatic rings. The van der Waals surface area contributed by atoms with E-state index in [1.165, 1.54) is 7.11 Å². The maximum absolute atomic E-state index is 12.5. The van der Waals surface area contributed by atoms with E-state index in [2.05, 4.69) is 16.0 Å².